The van der Waals surface area contributed by atoms with Gasteiger partial charge in [0.05, 0.1) is 27.6 Å². The van der Waals surface area contributed by atoms with Gasteiger partial charge in [0.2, 0.25) is 11.8 Å². The number of esters is 1. The Morgan fingerprint density at radius 2 is 1.79 bits per heavy atom. The number of hydrogen-bond donors (Lipinski definition) is 1. The molecule has 0 unspecified atom stereocenters. The Hall–Kier alpha value is -2.38. The molecular formula is C20H18Cl2N2O5. The fourth-order valence-electron chi connectivity index (χ4n) is 4.46. The van der Waals surface area contributed by atoms with E-state index in [1.807, 2.05) is 12.2 Å². The Morgan fingerprint density at radius 3 is 2.41 bits per heavy atom. The van der Waals surface area contributed by atoms with Gasteiger partial charge in [-0.3, -0.25) is 19.3 Å². The molecule has 152 valence electrons. The highest BCUT2D eigenvalue weighted by molar-refractivity contribution is 6.44. The minimum atomic E-state index is -1.09. The molecule has 5 atom stereocenters. The maximum atomic E-state index is 12.7. The first-order chi connectivity index (χ1) is 13.8. The van der Waals surface area contributed by atoms with Crippen molar-refractivity contribution >= 4 is 52.6 Å². The summed E-state index contributed by atoms with van der Waals surface area (Å²) in [6.45, 7) is 0.849. The van der Waals surface area contributed by atoms with Crippen LogP contribution in [0.5, 0.6) is 0 Å². The van der Waals surface area contributed by atoms with E-state index in [9.17, 15) is 19.2 Å². The van der Waals surface area contributed by atoms with Gasteiger partial charge in [0.15, 0.2) is 6.61 Å². The Bertz CT molecular complexity index is 917. The van der Waals surface area contributed by atoms with Crippen molar-refractivity contribution < 1.29 is 23.9 Å². The molecule has 1 aromatic carbocycles. The van der Waals surface area contributed by atoms with Gasteiger partial charge in [0.1, 0.15) is 6.04 Å². The smallest absolute Gasteiger partial charge is 0.329 e. The summed E-state index contributed by atoms with van der Waals surface area (Å²) in [5.74, 6) is -2.77. The molecule has 1 heterocycles. The van der Waals surface area contributed by atoms with E-state index in [0.29, 0.717) is 0 Å². The summed E-state index contributed by atoms with van der Waals surface area (Å²) in [6, 6.07) is 3.64. The van der Waals surface area contributed by atoms with Crippen molar-refractivity contribution in [1.29, 1.82) is 0 Å². The third kappa shape index (κ3) is 3.32. The molecular weight excluding hydrogens is 419 g/mol. The highest BCUT2D eigenvalue weighted by atomic mass is 35.5. The van der Waals surface area contributed by atoms with E-state index in [0.717, 1.165) is 11.3 Å². The summed E-state index contributed by atoms with van der Waals surface area (Å²) in [6.07, 6.45) is 4.77. The molecule has 4 rings (SSSR count). The highest BCUT2D eigenvalue weighted by Gasteiger charge is 2.60. The number of amides is 3. The average Bonchev–Trinajstić information content (AvgIpc) is 3.37. The van der Waals surface area contributed by atoms with Crippen LogP contribution in [-0.2, 0) is 23.9 Å². The molecule has 7 nitrogen and oxygen atoms in total. The van der Waals surface area contributed by atoms with Crippen LogP contribution in [0.1, 0.15) is 13.3 Å². The molecule has 1 aromatic rings. The van der Waals surface area contributed by atoms with Crippen molar-refractivity contribution in [2.75, 3.05) is 11.9 Å². The van der Waals surface area contributed by atoms with E-state index in [4.69, 9.17) is 27.9 Å². The van der Waals surface area contributed by atoms with Crippen molar-refractivity contribution in [3.05, 3.63) is 40.4 Å². The molecule has 2 aliphatic carbocycles. The van der Waals surface area contributed by atoms with Crippen LogP contribution >= 0.6 is 23.2 Å². The van der Waals surface area contributed by atoms with Crippen LogP contribution in [0.2, 0.25) is 10.0 Å². The number of ether oxygens (including phenoxy) is 1. The number of likely N-dealkylation sites (tertiary alicyclic amines) is 1. The molecule has 2 fully saturated rings. The van der Waals surface area contributed by atoms with Gasteiger partial charge in [-0.05, 0) is 37.3 Å². The second-order valence-electron chi connectivity index (χ2n) is 7.48. The van der Waals surface area contributed by atoms with Gasteiger partial charge in [-0.25, -0.2) is 4.79 Å². The van der Waals surface area contributed by atoms with Crippen molar-refractivity contribution in [2.45, 2.75) is 19.4 Å². The number of halogens is 2. The van der Waals surface area contributed by atoms with E-state index in [1.165, 1.54) is 6.92 Å². The van der Waals surface area contributed by atoms with E-state index < -0.39 is 24.5 Å². The summed E-state index contributed by atoms with van der Waals surface area (Å²) in [5, 5.41) is 2.94. The van der Waals surface area contributed by atoms with Crippen molar-refractivity contribution in [1.82, 2.24) is 4.90 Å². The van der Waals surface area contributed by atoms with Crippen molar-refractivity contribution in [2.24, 2.45) is 23.7 Å². The van der Waals surface area contributed by atoms with E-state index in [2.05, 4.69) is 5.32 Å². The molecule has 3 amide bonds. The number of benzene rings is 1. The first-order valence-corrected chi connectivity index (χ1v) is 10.0. The first kappa shape index (κ1) is 19.9. The van der Waals surface area contributed by atoms with Crippen LogP contribution in [0.3, 0.4) is 0 Å². The third-order valence-corrected chi connectivity index (χ3v) is 6.62. The Balaban J connectivity index is 1.35. The summed E-state index contributed by atoms with van der Waals surface area (Å²) in [5.41, 5.74) is 0.286. The standard InChI is InChI=1S/C20H18Cl2N2O5/c1-9(24-18(26)15-10-5-6-11(7-10)16(15)19(24)27)20(28)29-8-14(25)23-13-4-2-3-12(21)17(13)22/h2-6,9-11,15-16H,7-8H2,1H3,(H,23,25)/t9-,10+,11+,15+,16+/m1/s1. The normalized spacial score (nSPS) is 27.9. The average molecular weight is 437 g/mol. The minimum absolute atomic E-state index is 0.0582. The van der Waals surface area contributed by atoms with Gasteiger partial charge in [0.25, 0.3) is 5.91 Å². The Kier molecular flexibility index (Phi) is 5.12. The number of nitrogens with zero attached hydrogens (tertiary/aromatic N) is 1. The van der Waals surface area contributed by atoms with Crippen LogP contribution in [0.15, 0.2) is 30.4 Å². The van der Waals surface area contributed by atoms with Crippen molar-refractivity contribution in [3.8, 4) is 0 Å². The van der Waals surface area contributed by atoms with Crippen LogP contribution in [0.25, 0.3) is 0 Å². The van der Waals surface area contributed by atoms with E-state index in [-0.39, 0.29) is 51.2 Å². The van der Waals surface area contributed by atoms with Gasteiger partial charge < -0.3 is 10.1 Å². The molecule has 0 spiro atoms. The SMILES string of the molecule is C[C@H](C(=O)OCC(=O)Nc1cccc(Cl)c1Cl)N1C(=O)[C@@H]2[C@@H](C1=O)[C@H]1C=C[C@H]2C1. The number of rotatable bonds is 5. The summed E-state index contributed by atoms with van der Waals surface area (Å²) < 4.78 is 5.02. The summed E-state index contributed by atoms with van der Waals surface area (Å²) in [4.78, 5) is 50.9. The number of carbonyl (C=O) groups is 4. The van der Waals surface area contributed by atoms with Crippen molar-refractivity contribution in [3.63, 3.8) is 0 Å². The summed E-state index contributed by atoms with van der Waals surface area (Å²) >= 11 is 11.9. The monoisotopic (exact) mass is 436 g/mol. The minimum Gasteiger partial charge on any atom is -0.454 e. The summed E-state index contributed by atoms with van der Waals surface area (Å²) in [7, 11) is 0. The largest absolute Gasteiger partial charge is 0.454 e. The fourth-order valence-corrected chi connectivity index (χ4v) is 4.80. The highest BCUT2D eigenvalue weighted by Crippen LogP contribution is 2.52. The second-order valence-corrected chi connectivity index (χ2v) is 8.26. The second kappa shape index (κ2) is 7.46. The molecule has 9 heteroatoms. The third-order valence-electron chi connectivity index (χ3n) is 5.80. The zero-order chi connectivity index (χ0) is 20.9. The number of allylic oxidation sites excluding steroid dienone is 2. The molecule has 29 heavy (non-hydrogen) atoms. The zero-order valence-electron chi connectivity index (χ0n) is 15.4. The number of carbonyl (C=O) groups excluding carboxylic acids is 4. The molecule has 2 bridgehead atoms. The number of anilines is 1. The quantitative estimate of drug-likeness (QED) is 0.435. The lowest BCUT2D eigenvalue weighted by molar-refractivity contribution is -0.159. The number of imide groups is 1. The van der Waals surface area contributed by atoms with Gasteiger partial charge >= 0.3 is 5.97 Å². The molecule has 1 saturated carbocycles. The Labute approximate surface area is 177 Å². The van der Waals surface area contributed by atoms with E-state index >= 15 is 0 Å². The van der Waals surface area contributed by atoms with E-state index in [1.54, 1.807) is 18.2 Å². The van der Waals surface area contributed by atoms with Crippen LogP contribution in [-0.4, -0.2) is 41.2 Å². The number of hydrogen-bond acceptors (Lipinski definition) is 5. The van der Waals surface area contributed by atoms with Gasteiger partial charge in [-0.2, -0.15) is 0 Å². The molecule has 1 aliphatic heterocycles. The van der Waals surface area contributed by atoms with Crippen LogP contribution < -0.4 is 5.32 Å². The molecule has 1 N–H and O–H groups in total. The molecule has 1 saturated heterocycles. The topological polar surface area (TPSA) is 92.8 Å². The maximum absolute atomic E-state index is 12.7. The Morgan fingerprint density at radius 1 is 1.17 bits per heavy atom. The predicted octanol–water partition coefficient (Wildman–Crippen LogP) is 2.67. The lowest BCUT2D eigenvalue weighted by Crippen LogP contribution is -2.45. The van der Waals surface area contributed by atoms with Crippen LogP contribution in [0.4, 0.5) is 5.69 Å². The molecule has 3 aliphatic rings. The maximum Gasteiger partial charge on any atom is 0.329 e. The van der Waals surface area contributed by atoms with Gasteiger partial charge in [-0.15, -0.1) is 0 Å². The number of fused-ring (bicyclic) bond motifs is 5. The number of nitrogens with one attached hydrogen (secondary N) is 1. The van der Waals surface area contributed by atoms with Crippen LogP contribution in [0, 0.1) is 23.7 Å². The molecule has 0 radical (unpaired) electrons. The fraction of sp³-hybridized carbons (Fsp3) is 0.400. The van der Waals surface area contributed by atoms with Gasteiger partial charge in [0, 0.05) is 0 Å². The first-order valence-electron chi connectivity index (χ1n) is 9.25. The zero-order valence-corrected chi connectivity index (χ0v) is 16.9. The lowest BCUT2D eigenvalue weighted by atomic mass is 9.85. The predicted molar refractivity (Wildman–Crippen MR) is 105 cm³/mol. The molecule has 0 aromatic heterocycles. The van der Waals surface area contributed by atoms with Gasteiger partial charge in [-0.1, -0.05) is 41.4 Å². The lowest BCUT2D eigenvalue weighted by Gasteiger charge is -2.23.